The van der Waals surface area contributed by atoms with Gasteiger partial charge >= 0.3 is 6.18 Å². The van der Waals surface area contributed by atoms with Crippen molar-refractivity contribution in [2.75, 3.05) is 33.2 Å². The Hall–Kier alpha value is -3.32. The van der Waals surface area contributed by atoms with Crippen LogP contribution < -0.4 is 10.0 Å². The van der Waals surface area contributed by atoms with Crippen LogP contribution in [0.2, 0.25) is 0 Å². The maximum atomic E-state index is 13.7. The molecule has 2 aromatic carbocycles. The molecule has 2 aliphatic rings. The summed E-state index contributed by atoms with van der Waals surface area (Å²) in [6, 6.07) is 10.4. The second-order valence-corrected chi connectivity index (χ2v) is 14.0. The molecule has 2 aromatic rings. The summed E-state index contributed by atoms with van der Waals surface area (Å²) in [5.74, 6) is -0.955. The number of carbonyl (C=O) groups excluding carboxylic acids is 1. The fourth-order valence-electron chi connectivity index (χ4n) is 5.94. The minimum Gasteiger partial charge on any atom is -0.353 e. The average Bonchev–Trinajstić information content (AvgIpc) is 3.03. The van der Waals surface area contributed by atoms with Crippen molar-refractivity contribution in [3.8, 4) is 0 Å². The summed E-state index contributed by atoms with van der Waals surface area (Å²) in [4.78, 5) is 17.5. The van der Waals surface area contributed by atoms with Gasteiger partial charge < -0.3 is 10.2 Å². The number of rotatable bonds is 10. The molecule has 0 aromatic heterocycles. The standard InChI is InChI=1S/C34H44F4N4O3S.C2H4/c1-4-31(20-24(2)34(36,37)38)46(44,45)40-32(27-10-13-29(35)14-11-27)22-33(43)39-30-7-5-6-28-21-25(8-9-26(28)12-15-30)23-42-18-16-41(3)17-19-42;1-2/h4,8-11,13-14,20-21,30,32,40H,5-7,12,15-19,22-23H2,1-3H3,(H,39,43);1-2H2/b24-20+,31-4+;/t30-,32-;/m1./s1. The Morgan fingerprint density at radius 2 is 1.69 bits per heavy atom. The fourth-order valence-corrected chi connectivity index (χ4v) is 7.31. The van der Waals surface area contributed by atoms with Crippen LogP contribution in [0.15, 0.2) is 78.3 Å². The van der Waals surface area contributed by atoms with Crippen LogP contribution in [-0.2, 0) is 34.2 Å². The molecule has 0 spiro atoms. The van der Waals surface area contributed by atoms with Crippen LogP contribution >= 0.6 is 0 Å². The van der Waals surface area contributed by atoms with Gasteiger partial charge in [0.25, 0.3) is 0 Å². The first-order valence-corrected chi connectivity index (χ1v) is 17.7. The number of piperazine rings is 1. The van der Waals surface area contributed by atoms with Crippen LogP contribution in [0.4, 0.5) is 17.6 Å². The highest BCUT2D eigenvalue weighted by molar-refractivity contribution is 7.93. The highest BCUT2D eigenvalue weighted by Gasteiger charge is 2.32. The molecule has 1 heterocycles. The first kappa shape index (κ1) is 39.1. The summed E-state index contributed by atoms with van der Waals surface area (Å²) < 4.78 is 81.9. The smallest absolute Gasteiger partial charge is 0.353 e. The molecule has 1 aliphatic carbocycles. The molecule has 2 atom stereocenters. The number of carbonyl (C=O) groups is 1. The Morgan fingerprint density at radius 1 is 1.02 bits per heavy atom. The normalized spacial score (nSPS) is 19.3. The van der Waals surface area contributed by atoms with Crippen molar-refractivity contribution in [3.63, 3.8) is 0 Å². The topological polar surface area (TPSA) is 81.7 Å². The Morgan fingerprint density at radius 3 is 2.31 bits per heavy atom. The van der Waals surface area contributed by atoms with Gasteiger partial charge in [-0.15, -0.1) is 13.2 Å². The van der Waals surface area contributed by atoms with E-state index in [4.69, 9.17) is 0 Å². The lowest BCUT2D eigenvalue weighted by Gasteiger charge is -2.32. The van der Waals surface area contributed by atoms with E-state index in [-0.39, 0.29) is 12.5 Å². The third-order valence-electron chi connectivity index (χ3n) is 8.76. The van der Waals surface area contributed by atoms with Crippen molar-refractivity contribution in [1.29, 1.82) is 0 Å². The van der Waals surface area contributed by atoms with Gasteiger partial charge in [-0.2, -0.15) is 13.2 Å². The second-order valence-electron chi connectivity index (χ2n) is 12.3. The number of nitrogens with one attached hydrogen (secondary N) is 2. The summed E-state index contributed by atoms with van der Waals surface area (Å²) in [7, 11) is -2.32. The summed E-state index contributed by atoms with van der Waals surface area (Å²) in [5.41, 5.74) is 3.15. The lowest BCUT2D eigenvalue weighted by Crippen LogP contribution is -2.43. The molecule has 4 rings (SSSR count). The molecule has 264 valence electrons. The third-order valence-corrected chi connectivity index (χ3v) is 10.3. The average molecular weight is 693 g/mol. The number of nitrogens with zero attached hydrogens (tertiary/aromatic N) is 2. The SMILES string of the molecule is C/C=C(\C=C(/C)C(F)(F)F)S(=O)(=O)N[C@H](CC(=O)N[C@@H]1CCCc2cc(CN3CCN(C)CC3)ccc2CC1)c1ccc(F)cc1.C=C. The lowest BCUT2D eigenvalue weighted by atomic mass is 9.89. The minimum atomic E-state index is -4.70. The molecule has 2 N–H and O–H groups in total. The van der Waals surface area contributed by atoms with Gasteiger partial charge in [-0.1, -0.05) is 36.4 Å². The summed E-state index contributed by atoms with van der Waals surface area (Å²) in [5, 5.41) is 3.05. The number of alkyl halides is 3. The quantitative estimate of drug-likeness (QED) is 0.167. The number of benzene rings is 2. The summed E-state index contributed by atoms with van der Waals surface area (Å²) >= 11 is 0. The molecule has 1 amide bonds. The van der Waals surface area contributed by atoms with Crippen molar-refractivity contribution in [1.82, 2.24) is 19.8 Å². The van der Waals surface area contributed by atoms with Gasteiger partial charge in [-0.3, -0.25) is 9.69 Å². The molecule has 0 saturated carbocycles. The molecular weight excluding hydrogens is 644 g/mol. The molecule has 1 fully saturated rings. The minimum absolute atomic E-state index is 0.125. The number of allylic oxidation sites excluding steroid dienone is 3. The highest BCUT2D eigenvalue weighted by Crippen LogP contribution is 2.28. The van der Waals surface area contributed by atoms with E-state index in [0.29, 0.717) is 18.1 Å². The molecule has 0 unspecified atom stereocenters. The van der Waals surface area contributed by atoms with Crippen molar-refractivity contribution >= 4 is 15.9 Å². The molecule has 7 nitrogen and oxygen atoms in total. The van der Waals surface area contributed by atoms with Crippen molar-refractivity contribution < 1.29 is 30.8 Å². The Bertz CT molecular complexity index is 1530. The molecule has 0 bridgehead atoms. The maximum Gasteiger partial charge on any atom is 0.412 e. The number of fused-ring (bicyclic) bond motifs is 1. The maximum absolute atomic E-state index is 13.7. The lowest BCUT2D eigenvalue weighted by molar-refractivity contribution is -0.122. The third kappa shape index (κ3) is 11.7. The molecule has 1 saturated heterocycles. The van der Waals surface area contributed by atoms with Gasteiger partial charge in [0.05, 0.1) is 10.9 Å². The zero-order valence-electron chi connectivity index (χ0n) is 28.1. The Balaban J connectivity index is 0.00000307. The molecule has 12 heteroatoms. The predicted octanol–water partition coefficient (Wildman–Crippen LogP) is 6.59. The van der Waals surface area contributed by atoms with Crippen LogP contribution in [0.3, 0.4) is 0 Å². The van der Waals surface area contributed by atoms with Gasteiger partial charge in [0.1, 0.15) is 5.82 Å². The van der Waals surface area contributed by atoms with Crippen LogP contribution in [-0.4, -0.2) is 69.6 Å². The largest absolute Gasteiger partial charge is 0.412 e. The van der Waals surface area contributed by atoms with Crippen LogP contribution in [0.1, 0.15) is 67.8 Å². The van der Waals surface area contributed by atoms with Gasteiger partial charge in [0.2, 0.25) is 15.9 Å². The van der Waals surface area contributed by atoms with Crippen LogP contribution in [0.5, 0.6) is 0 Å². The Labute approximate surface area is 282 Å². The number of likely N-dealkylation sites (N-methyl/N-ethyl adjacent to an activating group) is 1. The van der Waals surface area contributed by atoms with Gasteiger partial charge in [0.15, 0.2) is 0 Å². The number of aryl methyl sites for hydroxylation is 2. The predicted molar refractivity (Wildman–Crippen MR) is 183 cm³/mol. The highest BCUT2D eigenvalue weighted by atomic mass is 32.2. The van der Waals surface area contributed by atoms with E-state index in [1.807, 2.05) is 0 Å². The molecule has 0 radical (unpaired) electrons. The summed E-state index contributed by atoms with van der Waals surface area (Å²) in [6.07, 6.45) is 0.620. The number of hydrogen-bond acceptors (Lipinski definition) is 5. The van der Waals surface area contributed by atoms with Crippen molar-refractivity contribution in [2.45, 2.75) is 77.2 Å². The van der Waals surface area contributed by atoms with E-state index in [9.17, 15) is 30.8 Å². The zero-order chi connectivity index (χ0) is 35.5. The van der Waals surface area contributed by atoms with Crippen LogP contribution in [0, 0.1) is 5.82 Å². The first-order valence-electron chi connectivity index (χ1n) is 16.2. The van der Waals surface area contributed by atoms with E-state index >= 15 is 0 Å². The molecule has 1 aliphatic heterocycles. The van der Waals surface area contributed by atoms with E-state index in [0.717, 1.165) is 83.5 Å². The first-order chi connectivity index (χ1) is 22.7. The van der Waals surface area contributed by atoms with Gasteiger partial charge in [0, 0.05) is 50.8 Å². The van der Waals surface area contributed by atoms with Gasteiger partial charge in [-0.25, -0.2) is 17.5 Å². The van der Waals surface area contributed by atoms with Gasteiger partial charge in [-0.05, 0) is 93.5 Å². The van der Waals surface area contributed by atoms with E-state index in [1.165, 1.54) is 35.7 Å². The molecular formula is C36H48F4N4O3S. The number of halogens is 4. The van der Waals surface area contributed by atoms with Crippen LogP contribution in [0.25, 0.3) is 0 Å². The summed E-state index contributed by atoms with van der Waals surface area (Å²) in [6.45, 7) is 13.3. The molecule has 48 heavy (non-hydrogen) atoms. The van der Waals surface area contributed by atoms with E-state index in [1.54, 1.807) is 0 Å². The Kier molecular flexibility index (Phi) is 14.6. The van der Waals surface area contributed by atoms with Crippen molar-refractivity contribution in [3.05, 3.63) is 106 Å². The second kappa shape index (κ2) is 17.9. The van der Waals surface area contributed by atoms with E-state index in [2.05, 4.69) is 58.2 Å². The number of amides is 1. The monoisotopic (exact) mass is 692 g/mol. The zero-order valence-corrected chi connectivity index (χ0v) is 28.9. The number of sulfonamides is 1. The van der Waals surface area contributed by atoms with E-state index < -0.39 is 44.4 Å². The van der Waals surface area contributed by atoms with Crippen molar-refractivity contribution in [2.24, 2.45) is 0 Å². The fraction of sp³-hybridized carbons (Fsp3) is 0.472. The number of hydrogen-bond donors (Lipinski definition) is 2.